The Labute approximate surface area is 164 Å². The maximum atomic E-state index is 12.4. The third kappa shape index (κ3) is 4.48. The van der Waals surface area contributed by atoms with Crippen molar-refractivity contribution in [1.29, 1.82) is 0 Å². The van der Waals surface area contributed by atoms with Crippen LogP contribution in [-0.4, -0.2) is 11.8 Å². The molecule has 1 aromatic heterocycles. The number of fused-ring (bicyclic) bond motifs is 1. The first kappa shape index (κ1) is 19.4. The van der Waals surface area contributed by atoms with Gasteiger partial charge in [-0.05, 0) is 53.9 Å². The van der Waals surface area contributed by atoms with E-state index in [-0.39, 0.29) is 11.3 Å². The molecule has 0 spiro atoms. The molecule has 1 aliphatic carbocycles. The van der Waals surface area contributed by atoms with Gasteiger partial charge in [0, 0.05) is 11.0 Å². The van der Waals surface area contributed by atoms with E-state index in [4.69, 9.17) is 5.73 Å². The Morgan fingerprint density at radius 3 is 2.41 bits per heavy atom. The number of amides is 2. The Bertz CT molecular complexity index is 886. The zero-order chi connectivity index (χ0) is 19.6. The van der Waals surface area contributed by atoms with Crippen LogP contribution in [0.15, 0.2) is 30.3 Å². The molecule has 1 aliphatic rings. The monoisotopic (exact) mass is 382 g/mol. The van der Waals surface area contributed by atoms with Crippen molar-refractivity contribution in [2.45, 2.75) is 51.9 Å². The molecule has 0 bridgehead atoms. The van der Waals surface area contributed by atoms with E-state index in [1.54, 1.807) is 6.08 Å². The van der Waals surface area contributed by atoms with Crippen molar-refractivity contribution in [3.63, 3.8) is 0 Å². The number of nitrogens with one attached hydrogen (secondary N) is 1. The summed E-state index contributed by atoms with van der Waals surface area (Å²) in [4.78, 5) is 25.4. The van der Waals surface area contributed by atoms with Crippen molar-refractivity contribution in [1.82, 2.24) is 0 Å². The predicted octanol–water partition coefficient (Wildman–Crippen LogP) is 4.68. The molecule has 3 rings (SSSR count). The number of anilines is 1. The number of nitrogens with two attached hydrogens (primary N) is 1. The van der Waals surface area contributed by atoms with Crippen LogP contribution in [0.1, 0.15) is 65.5 Å². The van der Waals surface area contributed by atoms with Gasteiger partial charge in [-0.15, -0.1) is 11.3 Å². The van der Waals surface area contributed by atoms with Gasteiger partial charge >= 0.3 is 0 Å². The predicted molar refractivity (Wildman–Crippen MR) is 112 cm³/mol. The molecule has 4 nitrogen and oxygen atoms in total. The molecular weight excluding hydrogens is 356 g/mol. The molecule has 2 amide bonds. The van der Waals surface area contributed by atoms with Crippen LogP contribution >= 0.6 is 11.3 Å². The normalized spacial score (nSPS) is 14.2. The average Bonchev–Trinajstić information content (AvgIpc) is 2.97. The molecule has 27 heavy (non-hydrogen) atoms. The molecule has 142 valence electrons. The van der Waals surface area contributed by atoms with E-state index in [0.29, 0.717) is 10.6 Å². The minimum absolute atomic E-state index is 0.100. The summed E-state index contributed by atoms with van der Waals surface area (Å²) >= 11 is 1.48. The number of hydrogen-bond donors (Lipinski definition) is 2. The van der Waals surface area contributed by atoms with Gasteiger partial charge in [-0.3, -0.25) is 9.59 Å². The van der Waals surface area contributed by atoms with Crippen LogP contribution in [0.4, 0.5) is 5.00 Å². The molecule has 2 aromatic rings. The van der Waals surface area contributed by atoms with Gasteiger partial charge < -0.3 is 11.1 Å². The minimum atomic E-state index is -0.466. The van der Waals surface area contributed by atoms with Gasteiger partial charge in [0.05, 0.1) is 5.56 Å². The van der Waals surface area contributed by atoms with Crippen molar-refractivity contribution in [2.75, 3.05) is 5.32 Å². The lowest BCUT2D eigenvalue weighted by molar-refractivity contribution is -0.111. The quantitative estimate of drug-likeness (QED) is 0.754. The van der Waals surface area contributed by atoms with Gasteiger partial charge in [0.15, 0.2) is 0 Å². The van der Waals surface area contributed by atoms with Gasteiger partial charge in [0.2, 0.25) is 5.91 Å². The molecule has 3 N–H and O–H groups in total. The average molecular weight is 383 g/mol. The highest BCUT2D eigenvalue weighted by atomic mass is 32.1. The molecule has 0 unspecified atom stereocenters. The van der Waals surface area contributed by atoms with Gasteiger partial charge in [0.25, 0.3) is 5.91 Å². The molecule has 1 heterocycles. The summed E-state index contributed by atoms with van der Waals surface area (Å²) in [5.41, 5.74) is 9.39. The van der Waals surface area contributed by atoms with E-state index >= 15 is 0 Å². The number of carbonyl (C=O) groups excluding carboxylic acids is 2. The van der Waals surface area contributed by atoms with Crippen molar-refractivity contribution < 1.29 is 9.59 Å². The number of rotatable bonds is 4. The third-order valence-electron chi connectivity index (χ3n) is 4.86. The lowest BCUT2D eigenvalue weighted by atomic mass is 9.87. The molecule has 0 atom stereocenters. The lowest BCUT2D eigenvalue weighted by Gasteiger charge is -2.18. The van der Waals surface area contributed by atoms with Crippen molar-refractivity contribution in [3.05, 3.63) is 57.5 Å². The topological polar surface area (TPSA) is 72.2 Å². The molecule has 0 saturated heterocycles. The number of hydrogen-bond acceptors (Lipinski definition) is 3. The first-order chi connectivity index (χ1) is 12.8. The second kappa shape index (κ2) is 7.69. The zero-order valence-electron chi connectivity index (χ0n) is 16.1. The summed E-state index contributed by atoms with van der Waals surface area (Å²) in [6.07, 6.45) is 7.25. The number of primary amides is 1. The maximum absolute atomic E-state index is 12.4. The number of aryl methyl sites for hydroxylation is 1. The van der Waals surface area contributed by atoms with Crippen molar-refractivity contribution >= 4 is 34.2 Å². The Morgan fingerprint density at radius 2 is 1.78 bits per heavy atom. The molecular formula is C22H26N2O2S. The second-order valence-electron chi connectivity index (χ2n) is 7.97. The zero-order valence-corrected chi connectivity index (χ0v) is 16.9. The van der Waals surface area contributed by atoms with Gasteiger partial charge in [0.1, 0.15) is 5.00 Å². The fourth-order valence-electron chi connectivity index (χ4n) is 3.33. The molecule has 0 aliphatic heterocycles. The van der Waals surface area contributed by atoms with Gasteiger partial charge in [-0.1, -0.05) is 45.0 Å². The highest BCUT2D eigenvalue weighted by Gasteiger charge is 2.24. The summed E-state index contributed by atoms with van der Waals surface area (Å²) in [6, 6.07) is 8.16. The standard InChI is InChI=1S/C22H26N2O2S/c1-22(2,3)15-11-8-14(9-12-15)10-13-18(25)24-21-19(20(23)26)16-6-4-5-7-17(16)27-21/h8-13H,4-7H2,1-3H3,(H2,23,26)(H,24,25). The lowest BCUT2D eigenvalue weighted by Crippen LogP contribution is -2.17. The van der Waals surface area contributed by atoms with Crippen molar-refractivity contribution in [2.24, 2.45) is 5.73 Å². The maximum Gasteiger partial charge on any atom is 0.251 e. The molecule has 1 aromatic carbocycles. The molecule has 0 saturated carbocycles. The second-order valence-corrected chi connectivity index (χ2v) is 9.08. The highest BCUT2D eigenvalue weighted by Crippen LogP contribution is 2.37. The summed E-state index contributed by atoms with van der Waals surface area (Å²) in [5.74, 6) is -0.720. The Kier molecular flexibility index (Phi) is 5.51. The Balaban J connectivity index is 1.73. The van der Waals surface area contributed by atoms with E-state index in [1.807, 2.05) is 12.1 Å². The van der Waals surface area contributed by atoms with Crippen LogP contribution in [0, 0.1) is 0 Å². The van der Waals surface area contributed by atoms with Crippen LogP contribution in [0.25, 0.3) is 6.08 Å². The number of benzene rings is 1. The summed E-state index contributed by atoms with van der Waals surface area (Å²) < 4.78 is 0. The van der Waals surface area contributed by atoms with Gasteiger partial charge in [-0.2, -0.15) is 0 Å². The fraction of sp³-hybridized carbons (Fsp3) is 0.364. The summed E-state index contributed by atoms with van der Waals surface area (Å²) in [6.45, 7) is 6.51. The highest BCUT2D eigenvalue weighted by molar-refractivity contribution is 7.17. The van der Waals surface area contributed by atoms with Crippen LogP contribution in [0.3, 0.4) is 0 Å². The smallest absolute Gasteiger partial charge is 0.251 e. The molecule has 0 radical (unpaired) electrons. The van der Waals surface area contributed by atoms with E-state index in [1.165, 1.54) is 27.9 Å². The van der Waals surface area contributed by atoms with E-state index < -0.39 is 5.91 Å². The summed E-state index contributed by atoms with van der Waals surface area (Å²) in [7, 11) is 0. The Hall–Kier alpha value is -2.40. The van der Waals surface area contributed by atoms with Crippen LogP contribution in [0.2, 0.25) is 0 Å². The first-order valence-electron chi connectivity index (χ1n) is 9.29. The summed E-state index contributed by atoms with van der Waals surface area (Å²) in [5, 5.41) is 3.42. The minimum Gasteiger partial charge on any atom is -0.365 e. The van der Waals surface area contributed by atoms with E-state index in [0.717, 1.165) is 36.8 Å². The van der Waals surface area contributed by atoms with Crippen LogP contribution in [-0.2, 0) is 23.1 Å². The Morgan fingerprint density at radius 1 is 1.11 bits per heavy atom. The first-order valence-corrected chi connectivity index (χ1v) is 10.1. The molecule has 5 heteroatoms. The molecule has 0 fully saturated rings. The third-order valence-corrected chi connectivity index (χ3v) is 6.07. The number of carbonyl (C=O) groups is 2. The van der Waals surface area contributed by atoms with E-state index in [9.17, 15) is 9.59 Å². The van der Waals surface area contributed by atoms with Crippen LogP contribution < -0.4 is 11.1 Å². The number of thiophene rings is 1. The van der Waals surface area contributed by atoms with E-state index in [2.05, 4.69) is 38.2 Å². The fourth-order valence-corrected chi connectivity index (χ4v) is 4.63. The SMILES string of the molecule is CC(C)(C)c1ccc(C=CC(=O)Nc2sc3c(c2C(N)=O)CCCC3)cc1. The van der Waals surface area contributed by atoms with Crippen LogP contribution in [0.5, 0.6) is 0 Å². The largest absolute Gasteiger partial charge is 0.365 e. The van der Waals surface area contributed by atoms with Gasteiger partial charge in [-0.25, -0.2) is 0 Å². The van der Waals surface area contributed by atoms with Crippen molar-refractivity contribution in [3.8, 4) is 0 Å².